The number of ether oxygens (including phenoxy) is 1. The van der Waals surface area contributed by atoms with E-state index in [9.17, 15) is 5.26 Å². The lowest BCUT2D eigenvalue weighted by Gasteiger charge is -2.23. The molecule has 0 bridgehead atoms. The van der Waals surface area contributed by atoms with Gasteiger partial charge in [0, 0.05) is 10.6 Å². The van der Waals surface area contributed by atoms with Crippen LogP contribution in [0.5, 0.6) is 5.75 Å². The molecule has 18 heavy (non-hydrogen) atoms. The minimum Gasteiger partial charge on any atom is -0.493 e. The molecule has 0 spiro atoms. The van der Waals surface area contributed by atoms with Crippen LogP contribution in [-0.2, 0) is 4.43 Å². The predicted molar refractivity (Wildman–Crippen MR) is 75.4 cm³/mol. The lowest BCUT2D eigenvalue weighted by Crippen LogP contribution is -2.27. The molecule has 0 aliphatic heterocycles. The van der Waals surface area contributed by atoms with Crippen molar-refractivity contribution in [2.24, 2.45) is 0 Å². The van der Waals surface area contributed by atoms with Gasteiger partial charge in [-0.05, 0) is 44.8 Å². The summed E-state index contributed by atoms with van der Waals surface area (Å²) in [5.41, 5.74) is 0.703. The number of halogens is 1. The zero-order chi connectivity index (χ0) is 13.8. The number of nitrogens with zero attached hydrogens (tertiary/aromatic N) is 1. The van der Waals surface area contributed by atoms with Gasteiger partial charge < -0.3 is 9.16 Å². The summed E-state index contributed by atoms with van der Waals surface area (Å²) in [4.78, 5) is 0. The Morgan fingerprint density at radius 2 is 2.06 bits per heavy atom. The van der Waals surface area contributed by atoms with Gasteiger partial charge in [0.15, 0.2) is 14.4 Å². The number of hydrogen-bond donors (Lipinski definition) is 0. The molecule has 0 saturated carbocycles. The first-order valence-corrected chi connectivity index (χ1v) is 9.65. The summed E-state index contributed by atoms with van der Waals surface area (Å²) in [5.74, 6) is 0.659. The maximum atomic E-state index is 9.27. The van der Waals surface area contributed by atoms with Crippen molar-refractivity contribution in [2.75, 3.05) is 6.61 Å². The van der Waals surface area contributed by atoms with E-state index in [4.69, 9.17) is 20.8 Å². The third-order valence-electron chi connectivity index (χ3n) is 2.14. The van der Waals surface area contributed by atoms with Gasteiger partial charge in [-0.25, -0.2) is 0 Å². The first-order valence-electron chi connectivity index (χ1n) is 5.87. The van der Waals surface area contributed by atoms with Crippen LogP contribution in [0.2, 0.25) is 24.7 Å². The summed E-state index contributed by atoms with van der Waals surface area (Å²) in [5, 5.41) is 9.85. The Labute approximate surface area is 114 Å². The van der Waals surface area contributed by atoms with E-state index in [-0.39, 0.29) is 0 Å². The van der Waals surface area contributed by atoms with Crippen molar-refractivity contribution in [3.05, 3.63) is 28.8 Å². The summed E-state index contributed by atoms with van der Waals surface area (Å²) in [6, 6.07) is 7.44. The largest absolute Gasteiger partial charge is 0.493 e. The van der Waals surface area contributed by atoms with Gasteiger partial charge in [0.2, 0.25) is 0 Å². The van der Waals surface area contributed by atoms with Gasteiger partial charge in [0.25, 0.3) is 0 Å². The number of benzene rings is 1. The standard InChI is InChI=1S/C13H18ClNO2Si/c1-5-16-12-7-6-10(14)8-11(12)13(9-15)17-18(2,3)4/h6-8,13H,5H2,1-4H3. The number of hydrogen-bond acceptors (Lipinski definition) is 3. The third kappa shape index (κ3) is 4.34. The van der Waals surface area contributed by atoms with E-state index in [0.717, 1.165) is 0 Å². The number of nitriles is 1. The summed E-state index contributed by atoms with van der Waals surface area (Å²) in [7, 11) is -1.81. The quantitative estimate of drug-likeness (QED) is 0.762. The molecule has 1 atom stereocenters. The van der Waals surface area contributed by atoms with Crippen molar-refractivity contribution >= 4 is 19.9 Å². The minimum atomic E-state index is -1.81. The molecule has 5 heteroatoms. The van der Waals surface area contributed by atoms with Crippen LogP contribution < -0.4 is 4.74 Å². The highest BCUT2D eigenvalue weighted by Gasteiger charge is 2.24. The predicted octanol–water partition coefficient (Wildman–Crippen LogP) is 4.15. The van der Waals surface area contributed by atoms with Crippen molar-refractivity contribution in [3.8, 4) is 11.8 Å². The Hall–Kier alpha value is -1.02. The minimum absolute atomic E-state index is 0.541. The molecule has 0 amide bonds. The van der Waals surface area contributed by atoms with Crippen molar-refractivity contribution in [1.29, 1.82) is 5.26 Å². The highest BCUT2D eigenvalue weighted by Crippen LogP contribution is 2.32. The summed E-state index contributed by atoms with van der Waals surface area (Å²) in [6.07, 6.45) is -0.628. The maximum absolute atomic E-state index is 9.27. The summed E-state index contributed by atoms with van der Waals surface area (Å²) in [6.45, 7) is 8.57. The van der Waals surface area contributed by atoms with Crippen LogP contribution in [-0.4, -0.2) is 14.9 Å². The summed E-state index contributed by atoms with van der Waals surface area (Å²) < 4.78 is 11.4. The first kappa shape index (κ1) is 15.0. The fourth-order valence-electron chi connectivity index (χ4n) is 1.52. The second-order valence-electron chi connectivity index (χ2n) is 4.85. The van der Waals surface area contributed by atoms with E-state index in [1.807, 2.05) is 26.6 Å². The van der Waals surface area contributed by atoms with E-state index in [1.165, 1.54) is 0 Å². The molecular formula is C13H18ClNO2Si. The fraction of sp³-hybridized carbons (Fsp3) is 0.462. The topological polar surface area (TPSA) is 42.2 Å². The molecule has 1 aromatic carbocycles. The molecule has 1 rings (SSSR count). The van der Waals surface area contributed by atoms with E-state index < -0.39 is 14.4 Å². The molecule has 3 nitrogen and oxygen atoms in total. The second kappa shape index (κ2) is 6.23. The zero-order valence-electron chi connectivity index (χ0n) is 11.2. The van der Waals surface area contributed by atoms with Crippen molar-refractivity contribution in [2.45, 2.75) is 32.7 Å². The molecule has 0 aromatic heterocycles. The van der Waals surface area contributed by atoms with Gasteiger partial charge in [0.1, 0.15) is 5.75 Å². The summed E-state index contributed by atoms with van der Waals surface area (Å²) >= 11 is 5.98. The second-order valence-corrected chi connectivity index (χ2v) is 9.75. The highest BCUT2D eigenvalue weighted by molar-refractivity contribution is 6.69. The van der Waals surface area contributed by atoms with Crippen LogP contribution in [0.4, 0.5) is 0 Å². The average Bonchev–Trinajstić information content (AvgIpc) is 2.27. The van der Waals surface area contributed by atoms with Crippen LogP contribution in [0.3, 0.4) is 0 Å². The van der Waals surface area contributed by atoms with Gasteiger partial charge >= 0.3 is 0 Å². The molecule has 1 unspecified atom stereocenters. The molecule has 0 radical (unpaired) electrons. The van der Waals surface area contributed by atoms with Gasteiger partial charge in [-0.3, -0.25) is 0 Å². The Kier molecular flexibility index (Phi) is 5.21. The van der Waals surface area contributed by atoms with Crippen LogP contribution in [0.25, 0.3) is 0 Å². The number of rotatable bonds is 5. The molecule has 0 aliphatic carbocycles. The Balaban J connectivity index is 3.11. The monoisotopic (exact) mass is 283 g/mol. The van der Waals surface area contributed by atoms with Crippen molar-refractivity contribution < 1.29 is 9.16 Å². The maximum Gasteiger partial charge on any atom is 0.186 e. The Bertz CT molecular complexity index is 451. The molecule has 0 aliphatic rings. The molecular weight excluding hydrogens is 266 g/mol. The molecule has 98 valence electrons. The Morgan fingerprint density at radius 1 is 1.39 bits per heavy atom. The van der Waals surface area contributed by atoms with E-state index in [0.29, 0.717) is 22.9 Å². The molecule has 0 saturated heterocycles. The van der Waals surface area contributed by atoms with Crippen LogP contribution in [0.15, 0.2) is 18.2 Å². The lowest BCUT2D eigenvalue weighted by molar-refractivity contribution is 0.244. The van der Waals surface area contributed by atoms with Gasteiger partial charge in [-0.15, -0.1) is 0 Å². The Morgan fingerprint density at radius 3 is 2.56 bits per heavy atom. The normalized spacial score (nSPS) is 12.9. The molecule has 0 heterocycles. The van der Waals surface area contributed by atoms with Crippen LogP contribution >= 0.6 is 11.6 Å². The van der Waals surface area contributed by atoms with Crippen LogP contribution in [0, 0.1) is 11.3 Å². The molecule has 1 aromatic rings. The van der Waals surface area contributed by atoms with Crippen molar-refractivity contribution in [3.63, 3.8) is 0 Å². The molecule has 0 fully saturated rings. The van der Waals surface area contributed by atoms with Gasteiger partial charge in [0.05, 0.1) is 12.7 Å². The van der Waals surface area contributed by atoms with Crippen molar-refractivity contribution in [1.82, 2.24) is 0 Å². The fourth-order valence-corrected chi connectivity index (χ4v) is 2.59. The average molecular weight is 284 g/mol. The zero-order valence-corrected chi connectivity index (χ0v) is 12.9. The molecule has 0 N–H and O–H groups in total. The smallest absolute Gasteiger partial charge is 0.186 e. The van der Waals surface area contributed by atoms with Crippen LogP contribution in [0.1, 0.15) is 18.6 Å². The van der Waals surface area contributed by atoms with E-state index >= 15 is 0 Å². The van der Waals surface area contributed by atoms with Gasteiger partial charge in [-0.2, -0.15) is 5.26 Å². The third-order valence-corrected chi connectivity index (χ3v) is 3.32. The SMILES string of the molecule is CCOc1ccc(Cl)cc1C(C#N)O[Si](C)(C)C. The lowest BCUT2D eigenvalue weighted by atomic mass is 10.1. The van der Waals surface area contributed by atoms with E-state index in [1.54, 1.807) is 18.2 Å². The highest BCUT2D eigenvalue weighted by atomic mass is 35.5. The van der Waals surface area contributed by atoms with E-state index in [2.05, 4.69) is 6.07 Å². The van der Waals surface area contributed by atoms with Gasteiger partial charge in [-0.1, -0.05) is 11.6 Å². The first-order chi connectivity index (χ1) is 8.37.